The standard InChI is InChI=1S/C13H19N3O/c1-4-14-5-2-10(1)7-13-15-8-11-9-17-6-3-12(11)16-13/h8,10,14H,1-7,9H2. The largest absolute Gasteiger partial charge is 0.376 e. The van der Waals surface area contributed by atoms with Gasteiger partial charge in [0.25, 0.3) is 0 Å². The molecule has 1 aromatic heterocycles. The van der Waals surface area contributed by atoms with Gasteiger partial charge in [0, 0.05) is 24.6 Å². The lowest BCUT2D eigenvalue weighted by molar-refractivity contribution is 0.108. The number of ether oxygens (including phenoxy) is 1. The minimum atomic E-state index is 0.683. The van der Waals surface area contributed by atoms with E-state index < -0.39 is 0 Å². The molecule has 0 atom stereocenters. The molecule has 2 aliphatic heterocycles. The van der Waals surface area contributed by atoms with E-state index in [1.54, 1.807) is 0 Å². The molecule has 0 amide bonds. The van der Waals surface area contributed by atoms with Crippen molar-refractivity contribution in [1.29, 1.82) is 0 Å². The van der Waals surface area contributed by atoms with E-state index in [2.05, 4.69) is 10.3 Å². The fourth-order valence-corrected chi connectivity index (χ4v) is 2.61. The molecule has 4 heteroatoms. The first-order valence-electron chi connectivity index (χ1n) is 6.54. The zero-order chi connectivity index (χ0) is 11.5. The van der Waals surface area contributed by atoms with E-state index in [4.69, 9.17) is 9.72 Å². The van der Waals surface area contributed by atoms with Crippen LogP contribution in [0.1, 0.15) is 29.9 Å². The third kappa shape index (κ3) is 2.64. The number of nitrogens with one attached hydrogen (secondary N) is 1. The van der Waals surface area contributed by atoms with Gasteiger partial charge in [-0.2, -0.15) is 0 Å². The molecule has 3 rings (SSSR count). The molecule has 0 unspecified atom stereocenters. The van der Waals surface area contributed by atoms with Gasteiger partial charge < -0.3 is 10.1 Å². The summed E-state index contributed by atoms with van der Waals surface area (Å²) in [6.45, 7) is 3.77. The summed E-state index contributed by atoms with van der Waals surface area (Å²) in [7, 11) is 0. The summed E-state index contributed by atoms with van der Waals surface area (Å²) in [5, 5.41) is 3.39. The quantitative estimate of drug-likeness (QED) is 0.830. The van der Waals surface area contributed by atoms with Crippen LogP contribution in [-0.2, 0) is 24.2 Å². The van der Waals surface area contributed by atoms with Gasteiger partial charge in [-0.15, -0.1) is 0 Å². The molecule has 2 aliphatic rings. The maximum absolute atomic E-state index is 5.40. The van der Waals surface area contributed by atoms with Gasteiger partial charge in [-0.25, -0.2) is 9.97 Å². The van der Waals surface area contributed by atoms with Crippen molar-refractivity contribution < 1.29 is 4.74 Å². The van der Waals surface area contributed by atoms with Crippen LogP contribution in [0.3, 0.4) is 0 Å². The van der Waals surface area contributed by atoms with Gasteiger partial charge in [0.15, 0.2) is 0 Å². The highest BCUT2D eigenvalue weighted by atomic mass is 16.5. The van der Waals surface area contributed by atoms with Crippen molar-refractivity contribution in [3.8, 4) is 0 Å². The highest BCUT2D eigenvalue weighted by Crippen LogP contribution is 2.18. The molecule has 92 valence electrons. The fraction of sp³-hybridized carbons (Fsp3) is 0.692. The van der Waals surface area contributed by atoms with Crippen LogP contribution >= 0.6 is 0 Å². The van der Waals surface area contributed by atoms with Crippen LogP contribution in [0.2, 0.25) is 0 Å². The maximum Gasteiger partial charge on any atom is 0.128 e. The molecule has 4 nitrogen and oxygen atoms in total. The summed E-state index contributed by atoms with van der Waals surface area (Å²) in [6, 6.07) is 0. The first kappa shape index (κ1) is 11.1. The molecule has 1 N–H and O–H groups in total. The lowest BCUT2D eigenvalue weighted by Crippen LogP contribution is -2.29. The zero-order valence-electron chi connectivity index (χ0n) is 10.1. The van der Waals surface area contributed by atoms with Crippen LogP contribution < -0.4 is 5.32 Å². The predicted molar refractivity (Wildman–Crippen MR) is 64.7 cm³/mol. The average molecular weight is 233 g/mol. The Morgan fingerprint density at radius 3 is 3.12 bits per heavy atom. The molecule has 3 heterocycles. The van der Waals surface area contributed by atoms with E-state index in [0.717, 1.165) is 44.3 Å². The van der Waals surface area contributed by atoms with Crippen molar-refractivity contribution in [3.05, 3.63) is 23.3 Å². The summed E-state index contributed by atoms with van der Waals surface area (Å²) < 4.78 is 5.40. The molecule has 1 saturated heterocycles. The molecular weight excluding hydrogens is 214 g/mol. The monoisotopic (exact) mass is 233 g/mol. The van der Waals surface area contributed by atoms with E-state index in [1.165, 1.54) is 24.1 Å². The lowest BCUT2D eigenvalue weighted by atomic mass is 9.94. The van der Waals surface area contributed by atoms with Gasteiger partial charge in [-0.3, -0.25) is 0 Å². The second kappa shape index (κ2) is 5.10. The Morgan fingerprint density at radius 1 is 1.35 bits per heavy atom. The maximum atomic E-state index is 5.40. The van der Waals surface area contributed by atoms with E-state index >= 15 is 0 Å². The molecule has 1 aromatic rings. The number of hydrogen-bond acceptors (Lipinski definition) is 4. The van der Waals surface area contributed by atoms with Crippen molar-refractivity contribution in [3.63, 3.8) is 0 Å². The van der Waals surface area contributed by atoms with E-state index in [9.17, 15) is 0 Å². The van der Waals surface area contributed by atoms with Crippen LogP contribution in [0.15, 0.2) is 6.20 Å². The summed E-state index contributed by atoms with van der Waals surface area (Å²) >= 11 is 0. The molecule has 0 saturated carbocycles. The van der Waals surface area contributed by atoms with Crippen LogP contribution in [0.5, 0.6) is 0 Å². The zero-order valence-corrected chi connectivity index (χ0v) is 10.1. The lowest BCUT2D eigenvalue weighted by Gasteiger charge is -2.22. The Bertz CT molecular complexity index is 388. The van der Waals surface area contributed by atoms with Gasteiger partial charge in [-0.05, 0) is 31.8 Å². The molecule has 0 spiro atoms. The van der Waals surface area contributed by atoms with Crippen molar-refractivity contribution >= 4 is 0 Å². The Kier molecular flexibility index (Phi) is 3.34. The average Bonchev–Trinajstić information content (AvgIpc) is 2.40. The van der Waals surface area contributed by atoms with Crippen LogP contribution in [0, 0.1) is 5.92 Å². The molecule has 0 aromatic carbocycles. The van der Waals surface area contributed by atoms with Crippen LogP contribution in [-0.4, -0.2) is 29.7 Å². The SMILES string of the molecule is c1nc(CC2CCNCC2)nc2c1COCC2. The molecule has 17 heavy (non-hydrogen) atoms. The third-order valence-electron chi connectivity index (χ3n) is 3.67. The van der Waals surface area contributed by atoms with Crippen molar-refractivity contribution in [2.75, 3.05) is 19.7 Å². The van der Waals surface area contributed by atoms with Gasteiger partial charge in [0.1, 0.15) is 5.82 Å². The normalized spacial score (nSPS) is 21.2. The second-order valence-corrected chi connectivity index (χ2v) is 4.96. The first-order chi connectivity index (χ1) is 8.42. The smallest absolute Gasteiger partial charge is 0.128 e. The number of nitrogens with zero attached hydrogens (tertiary/aromatic N) is 2. The molecule has 0 radical (unpaired) electrons. The molecule has 0 bridgehead atoms. The highest BCUT2D eigenvalue weighted by Gasteiger charge is 2.17. The van der Waals surface area contributed by atoms with Gasteiger partial charge >= 0.3 is 0 Å². The molecule has 0 aliphatic carbocycles. The van der Waals surface area contributed by atoms with E-state index in [-0.39, 0.29) is 0 Å². The number of rotatable bonds is 2. The number of fused-ring (bicyclic) bond motifs is 1. The number of piperidine rings is 1. The second-order valence-electron chi connectivity index (χ2n) is 4.96. The Morgan fingerprint density at radius 2 is 2.24 bits per heavy atom. The van der Waals surface area contributed by atoms with E-state index in [1.807, 2.05) is 6.20 Å². The minimum absolute atomic E-state index is 0.683. The Labute approximate surface area is 102 Å². The third-order valence-corrected chi connectivity index (χ3v) is 3.67. The summed E-state index contributed by atoms with van der Waals surface area (Å²) in [6.07, 6.45) is 6.44. The van der Waals surface area contributed by atoms with Crippen molar-refractivity contribution in [2.24, 2.45) is 5.92 Å². The summed E-state index contributed by atoms with van der Waals surface area (Å²) in [5.41, 5.74) is 2.38. The van der Waals surface area contributed by atoms with Crippen LogP contribution in [0.25, 0.3) is 0 Å². The van der Waals surface area contributed by atoms with Gasteiger partial charge in [-0.1, -0.05) is 0 Å². The summed E-state index contributed by atoms with van der Waals surface area (Å²) in [4.78, 5) is 9.17. The Balaban J connectivity index is 1.70. The topological polar surface area (TPSA) is 47.0 Å². The van der Waals surface area contributed by atoms with E-state index in [0.29, 0.717) is 6.61 Å². The number of aromatic nitrogens is 2. The predicted octanol–water partition coefficient (Wildman–Crippen LogP) is 1.09. The summed E-state index contributed by atoms with van der Waals surface area (Å²) in [5.74, 6) is 1.78. The van der Waals surface area contributed by atoms with Crippen LogP contribution in [0.4, 0.5) is 0 Å². The minimum Gasteiger partial charge on any atom is -0.376 e. The van der Waals surface area contributed by atoms with Gasteiger partial charge in [0.2, 0.25) is 0 Å². The number of hydrogen-bond donors (Lipinski definition) is 1. The highest BCUT2D eigenvalue weighted by molar-refractivity contribution is 5.18. The van der Waals surface area contributed by atoms with Gasteiger partial charge in [0.05, 0.1) is 18.9 Å². The molecule has 1 fully saturated rings. The molecular formula is C13H19N3O. The van der Waals surface area contributed by atoms with Crippen molar-refractivity contribution in [1.82, 2.24) is 15.3 Å². The fourth-order valence-electron chi connectivity index (χ4n) is 2.61. The first-order valence-corrected chi connectivity index (χ1v) is 6.54. The Hall–Kier alpha value is -1.00. The van der Waals surface area contributed by atoms with Crippen molar-refractivity contribution in [2.45, 2.75) is 32.3 Å².